The Morgan fingerprint density at radius 3 is 2.82 bits per heavy atom. The van der Waals surface area contributed by atoms with E-state index < -0.39 is 0 Å². The normalized spacial score (nSPS) is 11.1. The zero-order valence-corrected chi connectivity index (χ0v) is 15.2. The van der Waals surface area contributed by atoms with Gasteiger partial charge in [0.05, 0.1) is 0 Å². The standard InChI is InChI=1S/C22H20N6/c1-2-4-20-18(3-1)17(13-25-20)14-26-21-8-10-24-22(28-21)27-12-15-5-6-19-16(11-15)7-9-23-19/h1-11,13,23,25H,12,14H2,(H2,24,26,27,28). The second-order valence-electron chi connectivity index (χ2n) is 6.73. The maximum absolute atomic E-state index is 4.57. The Morgan fingerprint density at radius 1 is 0.857 bits per heavy atom. The van der Waals surface area contributed by atoms with Crippen LogP contribution in [0.2, 0.25) is 0 Å². The maximum Gasteiger partial charge on any atom is 0.224 e. The van der Waals surface area contributed by atoms with Crippen molar-refractivity contribution in [1.82, 2.24) is 19.9 Å². The van der Waals surface area contributed by atoms with Crippen molar-refractivity contribution in [2.75, 3.05) is 10.6 Å². The average Bonchev–Trinajstić information content (AvgIpc) is 3.37. The van der Waals surface area contributed by atoms with Gasteiger partial charge in [0.2, 0.25) is 5.95 Å². The number of hydrogen-bond acceptors (Lipinski definition) is 4. The molecule has 0 atom stereocenters. The van der Waals surface area contributed by atoms with Crippen LogP contribution in [0.4, 0.5) is 11.8 Å². The molecule has 28 heavy (non-hydrogen) atoms. The van der Waals surface area contributed by atoms with Gasteiger partial charge in [0.25, 0.3) is 0 Å². The Labute approximate surface area is 162 Å². The number of aromatic amines is 2. The fraction of sp³-hybridized carbons (Fsp3) is 0.0909. The number of para-hydroxylation sites is 1. The molecule has 0 amide bonds. The van der Waals surface area contributed by atoms with Gasteiger partial charge in [-0.25, -0.2) is 4.98 Å². The molecule has 0 aliphatic carbocycles. The van der Waals surface area contributed by atoms with Crippen LogP contribution in [0, 0.1) is 0 Å². The summed E-state index contributed by atoms with van der Waals surface area (Å²) in [4.78, 5) is 15.4. The highest BCUT2D eigenvalue weighted by Crippen LogP contribution is 2.19. The number of benzene rings is 2. The number of hydrogen-bond donors (Lipinski definition) is 4. The fourth-order valence-electron chi connectivity index (χ4n) is 3.40. The van der Waals surface area contributed by atoms with E-state index in [0.29, 0.717) is 19.0 Å². The molecule has 0 unspecified atom stereocenters. The number of aromatic nitrogens is 4. The van der Waals surface area contributed by atoms with Crippen LogP contribution >= 0.6 is 0 Å². The number of H-pyrrole nitrogens is 2. The summed E-state index contributed by atoms with van der Waals surface area (Å²) in [6.45, 7) is 1.37. The van der Waals surface area contributed by atoms with Crippen molar-refractivity contribution in [2.45, 2.75) is 13.1 Å². The van der Waals surface area contributed by atoms with E-state index in [2.05, 4.69) is 73.0 Å². The van der Waals surface area contributed by atoms with E-state index >= 15 is 0 Å². The van der Waals surface area contributed by atoms with Crippen LogP contribution in [0.25, 0.3) is 21.8 Å². The molecule has 3 heterocycles. The SMILES string of the molecule is c1ccc2c(CNc3ccnc(NCc4ccc5[nH]ccc5c4)n3)c[nH]c2c1. The first-order valence-corrected chi connectivity index (χ1v) is 9.27. The number of rotatable bonds is 6. The third-order valence-corrected chi connectivity index (χ3v) is 4.86. The van der Waals surface area contributed by atoms with E-state index in [0.717, 1.165) is 16.9 Å². The van der Waals surface area contributed by atoms with Gasteiger partial charge in [-0.3, -0.25) is 0 Å². The summed E-state index contributed by atoms with van der Waals surface area (Å²) in [6.07, 6.45) is 5.76. The molecule has 3 aromatic heterocycles. The molecule has 0 saturated heterocycles. The lowest BCUT2D eigenvalue weighted by molar-refractivity contribution is 1.04. The molecule has 0 fully saturated rings. The van der Waals surface area contributed by atoms with E-state index in [1.165, 1.54) is 21.9 Å². The zero-order valence-electron chi connectivity index (χ0n) is 15.2. The van der Waals surface area contributed by atoms with Crippen LogP contribution in [0.1, 0.15) is 11.1 Å². The largest absolute Gasteiger partial charge is 0.366 e. The monoisotopic (exact) mass is 368 g/mol. The van der Waals surface area contributed by atoms with Crippen LogP contribution in [-0.4, -0.2) is 19.9 Å². The summed E-state index contributed by atoms with van der Waals surface area (Å²) in [7, 11) is 0. The summed E-state index contributed by atoms with van der Waals surface area (Å²) in [5, 5.41) is 9.11. The summed E-state index contributed by atoms with van der Waals surface area (Å²) in [6, 6.07) is 18.6. The molecule has 5 rings (SSSR count). The minimum absolute atomic E-state index is 0.609. The quantitative estimate of drug-likeness (QED) is 0.351. The molecule has 6 nitrogen and oxygen atoms in total. The van der Waals surface area contributed by atoms with Crippen molar-refractivity contribution in [1.29, 1.82) is 0 Å². The van der Waals surface area contributed by atoms with Gasteiger partial charge in [-0.1, -0.05) is 24.3 Å². The van der Waals surface area contributed by atoms with Gasteiger partial charge in [-0.15, -0.1) is 0 Å². The third kappa shape index (κ3) is 3.27. The van der Waals surface area contributed by atoms with Crippen molar-refractivity contribution >= 4 is 33.6 Å². The number of nitrogens with zero attached hydrogens (tertiary/aromatic N) is 2. The number of anilines is 2. The smallest absolute Gasteiger partial charge is 0.224 e. The minimum Gasteiger partial charge on any atom is -0.366 e. The van der Waals surface area contributed by atoms with Crippen molar-refractivity contribution in [3.8, 4) is 0 Å². The lowest BCUT2D eigenvalue weighted by Crippen LogP contribution is -2.06. The molecule has 4 N–H and O–H groups in total. The first-order chi connectivity index (χ1) is 13.8. The van der Waals surface area contributed by atoms with E-state index in [1.54, 1.807) is 6.20 Å². The van der Waals surface area contributed by atoms with Gasteiger partial charge in [0, 0.05) is 48.1 Å². The Hall–Kier alpha value is -3.80. The van der Waals surface area contributed by atoms with Crippen molar-refractivity contribution in [3.05, 3.63) is 84.3 Å². The topological polar surface area (TPSA) is 81.4 Å². The highest BCUT2D eigenvalue weighted by atomic mass is 15.1. The maximum atomic E-state index is 4.57. The van der Waals surface area contributed by atoms with Crippen LogP contribution < -0.4 is 10.6 Å². The van der Waals surface area contributed by atoms with Crippen molar-refractivity contribution < 1.29 is 0 Å². The first-order valence-electron chi connectivity index (χ1n) is 9.27. The lowest BCUT2D eigenvalue weighted by Gasteiger charge is -2.08. The highest BCUT2D eigenvalue weighted by Gasteiger charge is 2.04. The van der Waals surface area contributed by atoms with E-state index in [9.17, 15) is 0 Å². The van der Waals surface area contributed by atoms with Crippen LogP contribution in [0.3, 0.4) is 0 Å². The molecule has 5 aromatic rings. The Kier molecular flexibility index (Phi) is 4.14. The summed E-state index contributed by atoms with van der Waals surface area (Å²) < 4.78 is 0. The third-order valence-electron chi connectivity index (χ3n) is 4.86. The Bertz CT molecular complexity index is 1240. The molecular formula is C22H20N6. The number of nitrogens with one attached hydrogen (secondary N) is 4. The molecule has 2 aromatic carbocycles. The Morgan fingerprint density at radius 2 is 1.82 bits per heavy atom. The molecule has 0 saturated carbocycles. The van der Waals surface area contributed by atoms with Gasteiger partial charge in [-0.05, 0) is 46.8 Å². The fourth-order valence-corrected chi connectivity index (χ4v) is 3.40. The molecular weight excluding hydrogens is 348 g/mol. The Balaban J connectivity index is 1.25. The minimum atomic E-state index is 0.609. The van der Waals surface area contributed by atoms with Gasteiger partial charge in [0.15, 0.2) is 0 Å². The summed E-state index contributed by atoms with van der Waals surface area (Å²) in [5.74, 6) is 1.40. The predicted molar refractivity (Wildman–Crippen MR) is 113 cm³/mol. The molecule has 6 heteroatoms. The van der Waals surface area contributed by atoms with Gasteiger partial charge >= 0.3 is 0 Å². The van der Waals surface area contributed by atoms with E-state index in [4.69, 9.17) is 0 Å². The second kappa shape index (κ2) is 7.08. The van der Waals surface area contributed by atoms with Crippen LogP contribution in [-0.2, 0) is 13.1 Å². The van der Waals surface area contributed by atoms with Gasteiger partial charge in [-0.2, -0.15) is 4.98 Å². The van der Waals surface area contributed by atoms with Crippen LogP contribution in [0.15, 0.2) is 73.2 Å². The van der Waals surface area contributed by atoms with E-state index in [-0.39, 0.29) is 0 Å². The lowest BCUT2D eigenvalue weighted by atomic mass is 10.1. The molecule has 0 bridgehead atoms. The molecule has 0 aliphatic rings. The van der Waals surface area contributed by atoms with Crippen LogP contribution in [0.5, 0.6) is 0 Å². The average molecular weight is 368 g/mol. The summed E-state index contributed by atoms with van der Waals surface area (Å²) >= 11 is 0. The number of fused-ring (bicyclic) bond motifs is 2. The van der Waals surface area contributed by atoms with Crippen molar-refractivity contribution in [2.24, 2.45) is 0 Å². The van der Waals surface area contributed by atoms with Gasteiger partial charge < -0.3 is 20.6 Å². The van der Waals surface area contributed by atoms with Crippen molar-refractivity contribution in [3.63, 3.8) is 0 Å². The molecule has 0 radical (unpaired) electrons. The predicted octanol–water partition coefficient (Wildman–Crippen LogP) is 4.66. The summed E-state index contributed by atoms with van der Waals surface area (Å²) in [5.41, 5.74) is 4.68. The zero-order chi connectivity index (χ0) is 18.8. The molecule has 0 spiro atoms. The van der Waals surface area contributed by atoms with Gasteiger partial charge in [0.1, 0.15) is 5.82 Å². The molecule has 138 valence electrons. The highest BCUT2D eigenvalue weighted by molar-refractivity contribution is 5.83. The first kappa shape index (κ1) is 16.4. The second-order valence-corrected chi connectivity index (χ2v) is 6.73. The van der Waals surface area contributed by atoms with E-state index in [1.807, 2.05) is 24.5 Å². The molecule has 0 aliphatic heterocycles.